The van der Waals surface area contributed by atoms with E-state index in [2.05, 4.69) is 5.32 Å². The fraction of sp³-hybridized carbons (Fsp3) is 0.217. The molecule has 0 saturated carbocycles. The van der Waals surface area contributed by atoms with Crippen molar-refractivity contribution in [3.8, 4) is 0 Å². The average molecular weight is 558 g/mol. The van der Waals surface area contributed by atoms with Crippen LogP contribution in [0.5, 0.6) is 0 Å². The minimum Gasteiger partial charge on any atom is -0.432 e. The van der Waals surface area contributed by atoms with E-state index in [0.29, 0.717) is 21.0 Å². The van der Waals surface area contributed by atoms with Gasteiger partial charge in [0, 0.05) is 20.9 Å². The van der Waals surface area contributed by atoms with Crippen LogP contribution in [0.4, 0.5) is 4.79 Å². The van der Waals surface area contributed by atoms with Crippen LogP contribution in [0.2, 0.25) is 10.0 Å². The average Bonchev–Trinajstić information content (AvgIpc) is 3.17. The summed E-state index contributed by atoms with van der Waals surface area (Å²) in [6.07, 6.45) is 1.34. The molecule has 1 heterocycles. The number of benzene rings is 2. The summed E-state index contributed by atoms with van der Waals surface area (Å²) in [4.78, 5) is 35.5. The molecule has 1 amide bonds. The van der Waals surface area contributed by atoms with Gasteiger partial charge in [-0.2, -0.15) is 0 Å². The van der Waals surface area contributed by atoms with Crippen molar-refractivity contribution in [2.24, 2.45) is 0 Å². The standard InChI is InChI=1S/C23H22Cl2NO7PS/c1-14(2)33-23(28)31-13-32-34(29,30)21(18-12-35-20-8-7-16(24)11-17(18)20)22(27)26-10-9-15-5-3-4-6-19(15)25/h3-12,14,21H,13H2,1-2H3,(H,26,27)(H,29,30)/b10-9+. The Morgan fingerprint density at radius 3 is 2.66 bits per heavy atom. The number of amides is 1. The van der Waals surface area contributed by atoms with Crippen molar-refractivity contribution < 1.29 is 33.0 Å². The summed E-state index contributed by atoms with van der Waals surface area (Å²) in [5.41, 5.74) is -0.763. The van der Waals surface area contributed by atoms with Crippen LogP contribution in [0.15, 0.2) is 54.0 Å². The van der Waals surface area contributed by atoms with Crippen LogP contribution >= 0.6 is 42.1 Å². The smallest absolute Gasteiger partial charge is 0.432 e. The predicted octanol–water partition coefficient (Wildman–Crippen LogP) is 6.76. The Labute approximate surface area is 215 Å². The van der Waals surface area contributed by atoms with E-state index in [1.165, 1.54) is 17.5 Å². The quantitative estimate of drug-likeness (QED) is 0.170. The third-order valence-corrected chi connectivity index (χ3v) is 7.78. The highest BCUT2D eigenvalue weighted by atomic mass is 35.5. The van der Waals surface area contributed by atoms with Gasteiger partial charge in [0.25, 0.3) is 0 Å². The Balaban J connectivity index is 1.87. The Bertz CT molecular complexity index is 1290. The number of hydrogen-bond acceptors (Lipinski definition) is 7. The Kier molecular flexibility index (Phi) is 9.35. The van der Waals surface area contributed by atoms with Crippen LogP contribution < -0.4 is 5.32 Å². The number of carbonyl (C=O) groups is 2. The Hall–Kier alpha value is -2.39. The number of carbonyl (C=O) groups excluding carboxylic acids is 2. The maximum absolute atomic E-state index is 13.2. The molecule has 2 N–H and O–H groups in total. The number of halogens is 2. The molecule has 0 aliphatic carbocycles. The van der Waals surface area contributed by atoms with E-state index >= 15 is 0 Å². The normalized spacial score (nSPS) is 14.1. The molecule has 8 nitrogen and oxygen atoms in total. The molecule has 0 bridgehead atoms. The summed E-state index contributed by atoms with van der Waals surface area (Å²) in [5, 5.41) is 5.48. The SMILES string of the molecule is CC(C)OC(=O)OCOP(=O)(O)C(C(=O)N/C=C/c1ccccc1Cl)c1csc2ccc(Cl)cc12. The molecular formula is C23H22Cl2NO7PS. The highest BCUT2D eigenvalue weighted by molar-refractivity contribution is 7.54. The van der Waals surface area contributed by atoms with Crippen LogP contribution in [0, 0.1) is 0 Å². The van der Waals surface area contributed by atoms with Crippen molar-refractivity contribution in [1.82, 2.24) is 5.32 Å². The summed E-state index contributed by atoms with van der Waals surface area (Å²) in [6, 6.07) is 12.0. The first-order chi connectivity index (χ1) is 16.6. The summed E-state index contributed by atoms with van der Waals surface area (Å²) < 4.78 is 28.5. The van der Waals surface area contributed by atoms with Crippen molar-refractivity contribution >= 4 is 70.4 Å². The second kappa shape index (κ2) is 12.0. The highest BCUT2D eigenvalue weighted by Crippen LogP contribution is 2.58. The van der Waals surface area contributed by atoms with Crippen molar-refractivity contribution in [2.75, 3.05) is 6.79 Å². The summed E-state index contributed by atoms with van der Waals surface area (Å²) in [6.45, 7) is 2.34. The summed E-state index contributed by atoms with van der Waals surface area (Å²) in [7, 11) is -4.72. The van der Waals surface area contributed by atoms with Crippen molar-refractivity contribution in [3.63, 3.8) is 0 Å². The van der Waals surface area contributed by atoms with E-state index in [1.54, 1.807) is 67.8 Å². The molecule has 0 saturated heterocycles. The van der Waals surface area contributed by atoms with E-state index in [0.717, 1.165) is 4.70 Å². The van der Waals surface area contributed by atoms with Crippen LogP contribution in [0.3, 0.4) is 0 Å². The molecule has 0 fully saturated rings. The van der Waals surface area contributed by atoms with Gasteiger partial charge in [-0.05, 0) is 66.1 Å². The molecule has 12 heteroatoms. The lowest BCUT2D eigenvalue weighted by molar-refractivity contribution is -0.120. The molecule has 186 valence electrons. The van der Waals surface area contributed by atoms with Gasteiger partial charge >= 0.3 is 13.8 Å². The van der Waals surface area contributed by atoms with E-state index in [-0.39, 0.29) is 5.56 Å². The Morgan fingerprint density at radius 2 is 1.94 bits per heavy atom. The molecule has 3 aromatic rings. The van der Waals surface area contributed by atoms with E-state index in [4.69, 9.17) is 37.2 Å². The van der Waals surface area contributed by atoms with E-state index in [9.17, 15) is 19.0 Å². The molecule has 0 aliphatic rings. The third kappa shape index (κ3) is 7.30. The van der Waals surface area contributed by atoms with Gasteiger partial charge < -0.3 is 19.7 Å². The van der Waals surface area contributed by atoms with Gasteiger partial charge in [-0.15, -0.1) is 11.3 Å². The molecule has 3 rings (SSSR count). The third-order valence-electron chi connectivity index (χ3n) is 4.57. The zero-order valence-corrected chi connectivity index (χ0v) is 21.9. The second-order valence-electron chi connectivity index (χ2n) is 7.47. The molecule has 35 heavy (non-hydrogen) atoms. The van der Waals surface area contributed by atoms with Gasteiger partial charge in [0.05, 0.1) is 6.10 Å². The molecule has 0 spiro atoms. The number of hydrogen-bond donors (Lipinski definition) is 2. The molecule has 2 aromatic carbocycles. The second-order valence-corrected chi connectivity index (χ2v) is 11.1. The highest BCUT2D eigenvalue weighted by Gasteiger charge is 2.41. The molecule has 2 atom stereocenters. The fourth-order valence-electron chi connectivity index (χ4n) is 3.05. The molecular weight excluding hydrogens is 536 g/mol. The molecule has 0 aliphatic heterocycles. The first-order valence-corrected chi connectivity index (χ1v) is 13.5. The lowest BCUT2D eigenvalue weighted by Gasteiger charge is -2.21. The topological polar surface area (TPSA) is 111 Å². The maximum atomic E-state index is 13.2. The van der Waals surface area contributed by atoms with Crippen LogP contribution in [0.25, 0.3) is 16.2 Å². The van der Waals surface area contributed by atoms with E-state index < -0.39 is 38.2 Å². The monoisotopic (exact) mass is 557 g/mol. The van der Waals surface area contributed by atoms with Gasteiger partial charge in [0.1, 0.15) is 0 Å². The first-order valence-electron chi connectivity index (χ1n) is 10.3. The van der Waals surface area contributed by atoms with Gasteiger partial charge in [0.2, 0.25) is 12.7 Å². The summed E-state index contributed by atoms with van der Waals surface area (Å²) in [5.74, 6) is -0.816. The van der Waals surface area contributed by atoms with Gasteiger partial charge in [-0.1, -0.05) is 41.4 Å². The number of ether oxygens (including phenoxy) is 2. The lowest BCUT2D eigenvalue weighted by atomic mass is 10.1. The molecule has 1 aromatic heterocycles. The largest absolute Gasteiger partial charge is 0.510 e. The zero-order valence-electron chi connectivity index (χ0n) is 18.6. The number of fused-ring (bicyclic) bond motifs is 1. The molecule has 2 unspecified atom stereocenters. The van der Waals surface area contributed by atoms with Gasteiger partial charge in [-0.3, -0.25) is 13.9 Å². The Morgan fingerprint density at radius 1 is 1.20 bits per heavy atom. The number of rotatable bonds is 9. The van der Waals surface area contributed by atoms with Crippen LogP contribution in [-0.2, 0) is 23.4 Å². The van der Waals surface area contributed by atoms with Gasteiger partial charge in [0.15, 0.2) is 5.66 Å². The number of nitrogens with one attached hydrogen (secondary N) is 1. The lowest BCUT2D eigenvalue weighted by Crippen LogP contribution is -2.26. The van der Waals surface area contributed by atoms with Crippen LogP contribution in [-0.4, -0.2) is 29.9 Å². The summed E-state index contributed by atoms with van der Waals surface area (Å²) >= 11 is 13.5. The van der Waals surface area contributed by atoms with Crippen LogP contribution in [0.1, 0.15) is 30.6 Å². The predicted molar refractivity (Wildman–Crippen MR) is 137 cm³/mol. The molecule has 0 radical (unpaired) electrons. The van der Waals surface area contributed by atoms with Gasteiger partial charge in [-0.25, -0.2) is 4.79 Å². The fourth-order valence-corrected chi connectivity index (χ4v) is 5.78. The van der Waals surface area contributed by atoms with Crippen molar-refractivity contribution in [1.29, 1.82) is 0 Å². The minimum atomic E-state index is -4.72. The first kappa shape index (κ1) is 27.2. The minimum absolute atomic E-state index is 0.242. The van der Waals surface area contributed by atoms with Crippen molar-refractivity contribution in [3.05, 3.63) is 75.2 Å². The maximum Gasteiger partial charge on any atom is 0.510 e. The zero-order chi connectivity index (χ0) is 25.6. The van der Waals surface area contributed by atoms with E-state index in [1.807, 2.05) is 0 Å². The van der Waals surface area contributed by atoms with Crippen molar-refractivity contribution in [2.45, 2.75) is 25.6 Å². The number of thiophene rings is 1.